The molecule has 1 aliphatic carbocycles. The van der Waals surface area contributed by atoms with Crippen molar-refractivity contribution < 1.29 is 15.0 Å². The number of aliphatic carboxylic acids is 1. The molecule has 0 bridgehead atoms. The smallest absolute Gasteiger partial charge is 0.323 e. The molecule has 5 heteroatoms. The van der Waals surface area contributed by atoms with Crippen LogP contribution in [0.15, 0.2) is 0 Å². The molecule has 0 heterocycles. The fraction of sp³-hybridized carbons (Fsp3) is 0.923. The summed E-state index contributed by atoms with van der Waals surface area (Å²) >= 11 is 1.74. The number of rotatable bonds is 10. The molecule has 1 rings (SSSR count). The topological polar surface area (TPSA) is 69.6 Å². The van der Waals surface area contributed by atoms with E-state index in [1.54, 1.807) is 18.7 Å². The molecule has 3 N–H and O–H groups in total. The lowest BCUT2D eigenvalue weighted by atomic mass is 9.95. The number of hydrogen-bond acceptors (Lipinski definition) is 4. The molecule has 0 aromatic heterocycles. The van der Waals surface area contributed by atoms with Crippen LogP contribution in [0.3, 0.4) is 0 Å². The van der Waals surface area contributed by atoms with Gasteiger partial charge in [-0.15, -0.1) is 0 Å². The molecule has 1 aliphatic rings. The van der Waals surface area contributed by atoms with Gasteiger partial charge in [0.25, 0.3) is 0 Å². The highest BCUT2D eigenvalue weighted by atomic mass is 32.2. The van der Waals surface area contributed by atoms with Crippen LogP contribution >= 0.6 is 11.8 Å². The summed E-state index contributed by atoms with van der Waals surface area (Å²) in [5.41, 5.74) is -0.769. The van der Waals surface area contributed by atoms with E-state index in [4.69, 9.17) is 5.11 Å². The number of hydrogen-bond donors (Lipinski definition) is 3. The molecule has 0 aliphatic heterocycles. The minimum absolute atomic E-state index is 0.209. The lowest BCUT2D eigenvalue weighted by molar-refractivity contribution is -0.144. The number of carboxylic acids is 1. The number of aliphatic hydroxyl groups excluding tert-OH is 1. The van der Waals surface area contributed by atoms with Crippen LogP contribution in [0.5, 0.6) is 0 Å². The Kier molecular flexibility index (Phi) is 6.46. The van der Waals surface area contributed by atoms with Gasteiger partial charge in [0.1, 0.15) is 5.54 Å². The summed E-state index contributed by atoms with van der Waals surface area (Å²) in [7, 11) is 0. The molecule has 0 spiro atoms. The molecule has 2 atom stereocenters. The number of aliphatic hydroxyl groups is 1. The van der Waals surface area contributed by atoms with E-state index in [2.05, 4.69) is 5.32 Å². The largest absolute Gasteiger partial charge is 0.480 e. The van der Waals surface area contributed by atoms with Crippen LogP contribution in [-0.4, -0.2) is 45.4 Å². The number of carboxylic acid groups (broad SMARTS) is 1. The van der Waals surface area contributed by atoms with Gasteiger partial charge in [0.15, 0.2) is 0 Å². The van der Waals surface area contributed by atoms with Gasteiger partial charge in [0, 0.05) is 11.3 Å². The van der Waals surface area contributed by atoms with E-state index in [0.29, 0.717) is 12.5 Å². The highest BCUT2D eigenvalue weighted by Gasteiger charge is 2.37. The van der Waals surface area contributed by atoms with Gasteiger partial charge in [-0.05, 0) is 38.4 Å². The predicted molar refractivity (Wildman–Crippen MR) is 75.1 cm³/mol. The normalized spacial score (nSPS) is 20.4. The Hall–Kier alpha value is -0.260. The molecule has 1 saturated carbocycles. The molecule has 0 saturated heterocycles. The summed E-state index contributed by atoms with van der Waals surface area (Å²) in [6.07, 6.45) is 4.80. The average molecular weight is 275 g/mol. The SMILES string of the molecule is CC(CO)SCCCCC(C)(NC1CC1)C(=O)O. The zero-order chi connectivity index (χ0) is 13.6. The van der Waals surface area contributed by atoms with E-state index in [-0.39, 0.29) is 11.9 Å². The van der Waals surface area contributed by atoms with Crippen molar-refractivity contribution >= 4 is 17.7 Å². The summed E-state index contributed by atoms with van der Waals surface area (Å²) in [6, 6.07) is 0.412. The van der Waals surface area contributed by atoms with Crippen LogP contribution < -0.4 is 5.32 Å². The van der Waals surface area contributed by atoms with Crippen molar-refractivity contribution in [3.8, 4) is 0 Å². The third-order valence-corrected chi connectivity index (χ3v) is 4.55. The van der Waals surface area contributed by atoms with E-state index in [9.17, 15) is 9.90 Å². The lowest BCUT2D eigenvalue weighted by Crippen LogP contribution is -2.50. The van der Waals surface area contributed by atoms with E-state index in [1.807, 2.05) is 6.92 Å². The van der Waals surface area contributed by atoms with Crippen LogP contribution in [0.25, 0.3) is 0 Å². The summed E-state index contributed by atoms with van der Waals surface area (Å²) < 4.78 is 0. The first kappa shape index (κ1) is 15.8. The van der Waals surface area contributed by atoms with E-state index < -0.39 is 11.5 Å². The number of unbranched alkanes of at least 4 members (excludes halogenated alkanes) is 1. The lowest BCUT2D eigenvalue weighted by Gasteiger charge is -2.26. The molecule has 1 fully saturated rings. The van der Waals surface area contributed by atoms with Crippen molar-refractivity contribution in [2.75, 3.05) is 12.4 Å². The molecular formula is C13H25NO3S. The van der Waals surface area contributed by atoms with Gasteiger partial charge in [-0.3, -0.25) is 10.1 Å². The molecule has 0 radical (unpaired) electrons. The van der Waals surface area contributed by atoms with Crippen molar-refractivity contribution in [3.05, 3.63) is 0 Å². The first-order valence-electron chi connectivity index (χ1n) is 6.71. The Labute approximate surface area is 114 Å². The molecule has 18 heavy (non-hydrogen) atoms. The van der Waals surface area contributed by atoms with Gasteiger partial charge in [0.05, 0.1) is 6.61 Å². The standard InChI is InChI=1S/C13H25NO3S/c1-10(9-15)18-8-4-3-7-13(2,12(16)17)14-11-5-6-11/h10-11,14-15H,3-9H2,1-2H3,(H,16,17). The second kappa shape index (κ2) is 7.36. The van der Waals surface area contributed by atoms with E-state index in [1.165, 1.54) is 0 Å². The van der Waals surface area contributed by atoms with E-state index >= 15 is 0 Å². The average Bonchev–Trinajstić information content (AvgIpc) is 3.11. The monoisotopic (exact) mass is 275 g/mol. The Morgan fingerprint density at radius 1 is 1.50 bits per heavy atom. The zero-order valence-electron chi connectivity index (χ0n) is 11.3. The summed E-state index contributed by atoms with van der Waals surface area (Å²) in [6.45, 7) is 4.00. The molecule has 2 unspecified atom stereocenters. The van der Waals surface area contributed by atoms with Crippen LogP contribution in [0, 0.1) is 0 Å². The van der Waals surface area contributed by atoms with Gasteiger partial charge < -0.3 is 10.2 Å². The second-order valence-corrected chi connectivity index (χ2v) is 6.92. The molecule has 4 nitrogen and oxygen atoms in total. The maximum absolute atomic E-state index is 11.3. The second-order valence-electron chi connectivity index (χ2n) is 5.38. The van der Waals surface area contributed by atoms with Gasteiger partial charge in [-0.25, -0.2) is 0 Å². The van der Waals surface area contributed by atoms with Crippen molar-refractivity contribution in [1.82, 2.24) is 5.32 Å². The minimum Gasteiger partial charge on any atom is -0.480 e. The molecule has 0 amide bonds. The molecule has 106 valence electrons. The van der Waals surface area contributed by atoms with Crippen LogP contribution in [-0.2, 0) is 4.79 Å². The first-order valence-corrected chi connectivity index (χ1v) is 7.76. The molecular weight excluding hydrogens is 250 g/mol. The predicted octanol–water partition coefficient (Wildman–Crippen LogP) is 1.87. The van der Waals surface area contributed by atoms with Crippen molar-refractivity contribution in [2.45, 2.75) is 62.8 Å². The third kappa shape index (κ3) is 5.59. The summed E-state index contributed by atoms with van der Waals surface area (Å²) in [5.74, 6) is 0.242. The van der Waals surface area contributed by atoms with Gasteiger partial charge in [-0.2, -0.15) is 11.8 Å². The van der Waals surface area contributed by atoms with Crippen LogP contribution in [0.4, 0.5) is 0 Å². The number of carbonyl (C=O) groups is 1. The van der Waals surface area contributed by atoms with E-state index in [0.717, 1.165) is 31.4 Å². The number of thioether (sulfide) groups is 1. The fourth-order valence-electron chi connectivity index (χ4n) is 1.84. The van der Waals surface area contributed by atoms with Crippen molar-refractivity contribution in [3.63, 3.8) is 0 Å². The molecule has 0 aromatic carbocycles. The Balaban J connectivity index is 2.19. The third-order valence-electron chi connectivity index (χ3n) is 3.30. The minimum atomic E-state index is -0.769. The maximum atomic E-state index is 11.3. The maximum Gasteiger partial charge on any atom is 0.323 e. The highest BCUT2D eigenvalue weighted by molar-refractivity contribution is 7.99. The Morgan fingerprint density at radius 2 is 2.17 bits per heavy atom. The number of nitrogens with one attached hydrogen (secondary N) is 1. The summed E-state index contributed by atoms with van der Waals surface area (Å²) in [5, 5.41) is 21.7. The van der Waals surface area contributed by atoms with Gasteiger partial charge in [-0.1, -0.05) is 13.3 Å². The first-order chi connectivity index (χ1) is 8.48. The highest BCUT2D eigenvalue weighted by Crippen LogP contribution is 2.25. The van der Waals surface area contributed by atoms with Gasteiger partial charge >= 0.3 is 5.97 Å². The zero-order valence-corrected chi connectivity index (χ0v) is 12.1. The van der Waals surface area contributed by atoms with Crippen molar-refractivity contribution in [1.29, 1.82) is 0 Å². The molecule has 0 aromatic rings. The van der Waals surface area contributed by atoms with Gasteiger partial charge in [0.2, 0.25) is 0 Å². The fourth-order valence-corrected chi connectivity index (χ4v) is 2.72. The Bertz CT molecular complexity index is 271. The van der Waals surface area contributed by atoms with Crippen LogP contribution in [0.2, 0.25) is 0 Å². The summed E-state index contributed by atoms with van der Waals surface area (Å²) in [4.78, 5) is 11.3. The van der Waals surface area contributed by atoms with Crippen LogP contribution in [0.1, 0.15) is 46.0 Å². The Morgan fingerprint density at radius 3 is 2.67 bits per heavy atom. The van der Waals surface area contributed by atoms with Crippen molar-refractivity contribution in [2.24, 2.45) is 0 Å². The quantitative estimate of drug-likeness (QED) is 0.531.